The molecular weight excluding hydrogens is 733 g/mol. The number of fused-ring (bicyclic) bond motifs is 12. The Morgan fingerprint density at radius 2 is 1.00 bits per heavy atom. The lowest BCUT2D eigenvalue weighted by atomic mass is 9.93. The molecule has 5 heteroatoms. The Hall–Kier alpha value is -8.15. The highest BCUT2D eigenvalue weighted by Gasteiger charge is 2.22. The summed E-state index contributed by atoms with van der Waals surface area (Å²) in [5, 5.41) is 13.8. The van der Waals surface area contributed by atoms with Crippen molar-refractivity contribution in [1.82, 2.24) is 19.5 Å². The Kier molecular flexibility index (Phi) is 6.95. The molecule has 13 aromatic rings. The van der Waals surface area contributed by atoms with E-state index in [-0.39, 0.29) is 0 Å². The Balaban J connectivity index is 1.07. The average molecular weight is 765 g/mol. The standard InChI is InChI=1S/C55H32N4O/c1-2-14-37-32-50-47(30-36(37)13-1)51-45(21-11-23-49(51)60-50)54-56-53(35-26-24-34(25-27-35)46-31-38-15-4-5-16-39(38)41-18-7-8-19-42(41)46)57-55(58-54)59-48-22-10-9-20-43(48)44-29-28-33-12-3-6-17-40(33)52(44)59/h1-32H. The van der Waals surface area contributed by atoms with Crippen LogP contribution in [0.3, 0.4) is 0 Å². The minimum Gasteiger partial charge on any atom is -0.456 e. The summed E-state index contributed by atoms with van der Waals surface area (Å²) < 4.78 is 8.76. The number of hydrogen-bond donors (Lipinski definition) is 0. The first-order chi connectivity index (χ1) is 29.7. The second-order valence-electron chi connectivity index (χ2n) is 15.6. The molecule has 0 radical (unpaired) electrons. The van der Waals surface area contributed by atoms with Gasteiger partial charge in [-0.05, 0) is 79.2 Å². The molecule has 0 aliphatic rings. The van der Waals surface area contributed by atoms with Crippen molar-refractivity contribution in [2.24, 2.45) is 0 Å². The number of hydrogen-bond acceptors (Lipinski definition) is 4. The third-order valence-electron chi connectivity index (χ3n) is 12.2. The molecule has 0 aliphatic heterocycles. The molecule has 0 fully saturated rings. The summed E-state index contributed by atoms with van der Waals surface area (Å²) in [5.41, 5.74) is 7.82. The first-order valence-electron chi connectivity index (χ1n) is 20.3. The molecule has 0 N–H and O–H groups in total. The van der Waals surface area contributed by atoms with Crippen LogP contribution in [-0.4, -0.2) is 19.5 Å². The third-order valence-corrected chi connectivity index (χ3v) is 12.2. The van der Waals surface area contributed by atoms with Gasteiger partial charge in [0.15, 0.2) is 11.6 Å². The van der Waals surface area contributed by atoms with Gasteiger partial charge in [-0.2, -0.15) is 9.97 Å². The summed E-state index contributed by atoms with van der Waals surface area (Å²) in [6.07, 6.45) is 0. The monoisotopic (exact) mass is 764 g/mol. The molecule has 5 nitrogen and oxygen atoms in total. The maximum Gasteiger partial charge on any atom is 0.238 e. The van der Waals surface area contributed by atoms with E-state index < -0.39 is 0 Å². The quantitative estimate of drug-likeness (QED) is 0.167. The predicted octanol–water partition coefficient (Wildman–Crippen LogP) is 14.5. The van der Waals surface area contributed by atoms with Crippen LogP contribution < -0.4 is 0 Å². The molecule has 0 unspecified atom stereocenters. The van der Waals surface area contributed by atoms with Crippen molar-refractivity contribution in [1.29, 1.82) is 0 Å². The topological polar surface area (TPSA) is 56.7 Å². The summed E-state index contributed by atoms with van der Waals surface area (Å²) >= 11 is 0. The highest BCUT2D eigenvalue weighted by molar-refractivity contribution is 6.19. The summed E-state index contributed by atoms with van der Waals surface area (Å²) in [6.45, 7) is 0. The van der Waals surface area contributed by atoms with Gasteiger partial charge in [0.25, 0.3) is 0 Å². The van der Waals surface area contributed by atoms with Crippen LogP contribution in [0.4, 0.5) is 0 Å². The van der Waals surface area contributed by atoms with Crippen LogP contribution in [-0.2, 0) is 0 Å². The van der Waals surface area contributed by atoms with E-state index in [2.05, 4.69) is 187 Å². The van der Waals surface area contributed by atoms with Crippen LogP contribution in [0.15, 0.2) is 199 Å². The SMILES string of the molecule is c1ccc2cc3c(cc2c1)oc1cccc(-c2nc(-c4ccc(-c5cc6ccccc6c6ccccc56)cc4)nc(-n4c5ccccc5c5ccc6ccccc6c54)n2)c13. The highest BCUT2D eigenvalue weighted by Crippen LogP contribution is 2.41. The van der Waals surface area contributed by atoms with Crippen molar-refractivity contribution in [2.45, 2.75) is 0 Å². The number of para-hydroxylation sites is 1. The molecule has 3 heterocycles. The molecule has 60 heavy (non-hydrogen) atoms. The molecule has 10 aromatic carbocycles. The van der Waals surface area contributed by atoms with Gasteiger partial charge in [-0.25, -0.2) is 4.98 Å². The Morgan fingerprint density at radius 1 is 0.350 bits per heavy atom. The van der Waals surface area contributed by atoms with Crippen LogP contribution in [0.1, 0.15) is 0 Å². The van der Waals surface area contributed by atoms with Crippen molar-refractivity contribution in [2.75, 3.05) is 0 Å². The minimum atomic E-state index is 0.553. The Labute approximate surface area is 343 Å². The number of benzene rings is 10. The molecule has 278 valence electrons. The van der Waals surface area contributed by atoms with E-state index in [0.29, 0.717) is 17.6 Å². The van der Waals surface area contributed by atoms with Crippen molar-refractivity contribution in [3.05, 3.63) is 194 Å². The fraction of sp³-hybridized carbons (Fsp3) is 0. The zero-order valence-corrected chi connectivity index (χ0v) is 32.2. The van der Waals surface area contributed by atoms with Gasteiger partial charge in [0, 0.05) is 38.1 Å². The molecular formula is C55H32N4O. The molecule has 0 bridgehead atoms. The van der Waals surface area contributed by atoms with E-state index in [1.165, 1.54) is 27.1 Å². The van der Waals surface area contributed by atoms with Gasteiger partial charge in [-0.3, -0.25) is 4.57 Å². The van der Waals surface area contributed by atoms with Crippen molar-refractivity contribution in [3.8, 4) is 39.9 Å². The second-order valence-corrected chi connectivity index (χ2v) is 15.6. The molecule has 0 saturated carbocycles. The van der Waals surface area contributed by atoms with Crippen molar-refractivity contribution >= 4 is 86.8 Å². The van der Waals surface area contributed by atoms with Gasteiger partial charge in [0.05, 0.1) is 11.0 Å². The normalized spacial score (nSPS) is 12.0. The van der Waals surface area contributed by atoms with E-state index in [0.717, 1.165) is 82.0 Å². The Bertz CT molecular complexity index is 3900. The van der Waals surface area contributed by atoms with Gasteiger partial charge in [-0.1, -0.05) is 164 Å². The van der Waals surface area contributed by atoms with E-state index in [1.807, 2.05) is 12.1 Å². The maximum absolute atomic E-state index is 6.54. The molecule has 3 aromatic heterocycles. The van der Waals surface area contributed by atoms with E-state index >= 15 is 0 Å². The summed E-state index contributed by atoms with van der Waals surface area (Å²) in [7, 11) is 0. The van der Waals surface area contributed by atoms with Gasteiger partial charge in [0.2, 0.25) is 5.95 Å². The van der Waals surface area contributed by atoms with Gasteiger partial charge in [-0.15, -0.1) is 0 Å². The predicted molar refractivity (Wildman–Crippen MR) is 248 cm³/mol. The maximum atomic E-state index is 6.54. The zero-order valence-electron chi connectivity index (χ0n) is 32.2. The van der Waals surface area contributed by atoms with Crippen LogP contribution in [0.5, 0.6) is 0 Å². The smallest absolute Gasteiger partial charge is 0.238 e. The third kappa shape index (κ3) is 4.90. The lowest BCUT2D eigenvalue weighted by Crippen LogP contribution is -2.06. The van der Waals surface area contributed by atoms with E-state index in [4.69, 9.17) is 19.4 Å². The largest absolute Gasteiger partial charge is 0.456 e. The van der Waals surface area contributed by atoms with E-state index in [1.54, 1.807) is 0 Å². The van der Waals surface area contributed by atoms with Crippen LogP contribution in [0.25, 0.3) is 127 Å². The van der Waals surface area contributed by atoms with E-state index in [9.17, 15) is 0 Å². The average Bonchev–Trinajstić information content (AvgIpc) is 3.86. The summed E-state index contributed by atoms with van der Waals surface area (Å²) in [4.78, 5) is 16.1. The number of nitrogens with zero attached hydrogens (tertiary/aromatic N) is 4. The Morgan fingerprint density at radius 3 is 1.83 bits per heavy atom. The summed E-state index contributed by atoms with van der Waals surface area (Å²) in [5.74, 6) is 1.72. The lowest BCUT2D eigenvalue weighted by molar-refractivity contribution is 0.669. The van der Waals surface area contributed by atoms with Crippen molar-refractivity contribution < 1.29 is 4.42 Å². The minimum absolute atomic E-state index is 0.553. The lowest BCUT2D eigenvalue weighted by Gasteiger charge is -2.13. The molecule has 0 spiro atoms. The zero-order chi connectivity index (χ0) is 39.3. The first-order valence-corrected chi connectivity index (χ1v) is 20.3. The second kappa shape index (κ2) is 12.7. The fourth-order valence-corrected chi connectivity index (χ4v) is 9.44. The highest BCUT2D eigenvalue weighted by atomic mass is 16.3. The van der Waals surface area contributed by atoms with Gasteiger partial charge >= 0.3 is 0 Å². The van der Waals surface area contributed by atoms with Crippen molar-refractivity contribution in [3.63, 3.8) is 0 Å². The van der Waals surface area contributed by atoms with Crippen LogP contribution in [0, 0.1) is 0 Å². The number of rotatable bonds is 4. The van der Waals surface area contributed by atoms with Crippen LogP contribution >= 0.6 is 0 Å². The number of aromatic nitrogens is 4. The fourth-order valence-electron chi connectivity index (χ4n) is 9.44. The summed E-state index contributed by atoms with van der Waals surface area (Å²) in [6, 6.07) is 68.6. The van der Waals surface area contributed by atoms with Gasteiger partial charge in [0.1, 0.15) is 11.2 Å². The first kappa shape index (κ1) is 32.9. The molecule has 0 saturated heterocycles. The molecule has 0 aliphatic carbocycles. The number of furan rings is 1. The molecule has 13 rings (SSSR count). The van der Waals surface area contributed by atoms with Gasteiger partial charge < -0.3 is 4.42 Å². The molecule has 0 amide bonds. The van der Waals surface area contributed by atoms with Crippen LogP contribution in [0.2, 0.25) is 0 Å². The molecule has 0 atom stereocenters.